The maximum Gasteiger partial charge on any atom is 0.134 e. The van der Waals surface area contributed by atoms with Gasteiger partial charge in [-0.1, -0.05) is 29.3 Å². The molecular formula is C11H12BrCl2NO. The summed E-state index contributed by atoms with van der Waals surface area (Å²) in [5.41, 5.74) is 2.48. The summed E-state index contributed by atoms with van der Waals surface area (Å²) in [5.74, 6) is 0.747. The van der Waals surface area contributed by atoms with Gasteiger partial charge in [-0.05, 0) is 40.7 Å². The van der Waals surface area contributed by atoms with Crippen LogP contribution in [0.25, 0.3) is 0 Å². The van der Waals surface area contributed by atoms with Gasteiger partial charge in [-0.2, -0.15) is 0 Å². The van der Waals surface area contributed by atoms with E-state index in [9.17, 15) is 0 Å². The Morgan fingerprint density at radius 1 is 1.56 bits per heavy atom. The van der Waals surface area contributed by atoms with E-state index in [1.165, 1.54) is 11.1 Å². The lowest BCUT2D eigenvalue weighted by Gasteiger charge is -2.09. The van der Waals surface area contributed by atoms with Crippen molar-refractivity contribution in [3.63, 3.8) is 0 Å². The Kier molecular flexibility index (Phi) is 6.21. The van der Waals surface area contributed by atoms with Gasteiger partial charge in [0, 0.05) is 12.1 Å². The summed E-state index contributed by atoms with van der Waals surface area (Å²) in [7, 11) is 1.91. The Balaban J connectivity index is 2.67. The van der Waals surface area contributed by atoms with Crippen molar-refractivity contribution in [1.29, 1.82) is 0 Å². The van der Waals surface area contributed by atoms with Gasteiger partial charge in [0.25, 0.3) is 0 Å². The van der Waals surface area contributed by atoms with Gasteiger partial charge in [0.1, 0.15) is 12.4 Å². The van der Waals surface area contributed by atoms with Crippen LogP contribution in [0.3, 0.4) is 0 Å². The summed E-state index contributed by atoms with van der Waals surface area (Å²) in [6.45, 7) is 1.09. The molecule has 0 saturated carbocycles. The molecule has 0 aliphatic carbocycles. The van der Waals surface area contributed by atoms with E-state index >= 15 is 0 Å². The lowest BCUT2D eigenvalue weighted by Crippen LogP contribution is -2.05. The number of hydrogen-bond donors (Lipinski definition) is 1. The van der Waals surface area contributed by atoms with Crippen LogP contribution in [0.1, 0.15) is 5.56 Å². The van der Waals surface area contributed by atoms with Crippen molar-refractivity contribution in [3.8, 4) is 5.75 Å². The minimum Gasteiger partial charge on any atom is -0.487 e. The smallest absolute Gasteiger partial charge is 0.134 e. The molecule has 0 atom stereocenters. The van der Waals surface area contributed by atoms with Crippen molar-refractivity contribution < 1.29 is 4.74 Å². The van der Waals surface area contributed by atoms with Gasteiger partial charge in [-0.15, -0.1) is 0 Å². The average molecular weight is 325 g/mol. The van der Waals surface area contributed by atoms with Gasteiger partial charge < -0.3 is 10.1 Å². The molecule has 0 fully saturated rings. The number of nitrogens with one attached hydrogen (secondary N) is 1. The molecule has 0 aromatic heterocycles. The molecule has 0 radical (unpaired) electrons. The van der Waals surface area contributed by atoms with E-state index in [1.54, 1.807) is 0 Å². The Morgan fingerprint density at radius 3 is 2.88 bits per heavy atom. The number of benzene rings is 1. The van der Waals surface area contributed by atoms with Gasteiger partial charge >= 0.3 is 0 Å². The van der Waals surface area contributed by atoms with Crippen molar-refractivity contribution in [3.05, 3.63) is 38.8 Å². The predicted molar refractivity (Wildman–Crippen MR) is 72.2 cm³/mol. The Bertz CT molecular complexity index is 382. The van der Waals surface area contributed by atoms with Crippen LogP contribution in [0.5, 0.6) is 5.75 Å². The summed E-state index contributed by atoms with van der Waals surface area (Å²) in [5, 5.41) is 3.55. The molecule has 1 aromatic rings. The third-order valence-corrected chi connectivity index (χ3v) is 3.07. The van der Waals surface area contributed by atoms with Crippen LogP contribution in [0.4, 0.5) is 0 Å². The second-order valence-corrected chi connectivity index (χ2v) is 4.70. The van der Waals surface area contributed by atoms with Crippen molar-refractivity contribution in [2.75, 3.05) is 13.7 Å². The zero-order valence-electron chi connectivity index (χ0n) is 8.77. The predicted octanol–water partition coefficient (Wildman–Crippen LogP) is 3.87. The second kappa shape index (κ2) is 7.17. The third-order valence-electron chi connectivity index (χ3n) is 1.86. The number of hydrogen-bond acceptors (Lipinski definition) is 2. The topological polar surface area (TPSA) is 21.3 Å². The largest absolute Gasteiger partial charge is 0.487 e. The van der Waals surface area contributed by atoms with Crippen LogP contribution in [0.15, 0.2) is 33.2 Å². The van der Waals surface area contributed by atoms with Crippen molar-refractivity contribution in [1.82, 2.24) is 5.32 Å². The lowest BCUT2D eigenvalue weighted by molar-refractivity contribution is 0.357. The normalized spacial score (nSPS) is 11.6. The second-order valence-electron chi connectivity index (χ2n) is 3.14. The molecule has 16 heavy (non-hydrogen) atoms. The van der Waals surface area contributed by atoms with Gasteiger partial charge in [0.15, 0.2) is 0 Å². The van der Waals surface area contributed by atoms with Gasteiger partial charge in [0.05, 0.1) is 9.51 Å². The molecule has 1 aromatic carbocycles. The first kappa shape index (κ1) is 13.8. The molecule has 2 nitrogen and oxygen atoms in total. The molecular weight excluding hydrogens is 313 g/mol. The van der Waals surface area contributed by atoms with E-state index in [-0.39, 0.29) is 6.61 Å². The lowest BCUT2D eigenvalue weighted by atomic mass is 10.2. The highest BCUT2D eigenvalue weighted by Crippen LogP contribution is 2.26. The average Bonchev–Trinajstić information content (AvgIpc) is 2.28. The van der Waals surface area contributed by atoms with Crippen LogP contribution in [0.2, 0.25) is 0 Å². The quantitative estimate of drug-likeness (QED) is 0.887. The first-order valence-electron chi connectivity index (χ1n) is 4.68. The van der Waals surface area contributed by atoms with E-state index in [2.05, 4.69) is 21.2 Å². The minimum atomic E-state index is 0.273. The Morgan fingerprint density at radius 2 is 2.31 bits per heavy atom. The highest BCUT2D eigenvalue weighted by Gasteiger charge is 2.03. The molecule has 0 aliphatic heterocycles. The highest BCUT2D eigenvalue weighted by molar-refractivity contribution is 9.10. The molecule has 5 heteroatoms. The number of halogens is 3. The summed E-state index contributed by atoms with van der Waals surface area (Å²) in [4.78, 5) is 0. The van der Waals surface area contributed by atoms with Crippen LogP contribution in [0, 0.1) is 0 Å². The third kappa shape index (κ3) is 4.34. The molecule has 88 valence electrons. The monoisotopic (exact) mass is 323 g/mol. The SMILES string of the molecule is CNCc1ccc(OCC(Cl)=CCl)c(Br)c1. The van der Waals surface area contributed by atoms with E-state index in [0.29, 0.717) is 5.03 Å². The zero-order valence-corrected chi connectivity index (χ0v) is 11.9. The summed E-state index contributed by atoms with van der Waals surface area (Å²) < 4.78 is 6.37. The van der Waals surface area contributed by atoms with Crippen molar-refractivity contribution in [2.45, 2.75) is 6.54 Å². The molecule has 0 saturated heterocycles. The summed E-state index contributed by atoms with van der Waals surface area (Å²) >= 11 is 14.6. The molecule has 0 bridgehead atoms. The van der Waals surface area contributed by atoms with Gasteiger partial charge in [-0.3, -0.25) is 0 Å². The van der Waals surface area contributed by atoms with Crippen molar-refractivity contribution >= 4 is 39.1 Å². The molecule has 0 unspecified atom stereocenters. The molecule has 0 heterocycles. The number of ether oxygens (including phenoxy) is 1. The van der Waals surface area contributed by atoms with Gasteiger partial charge in [-0.25, -0.2) is 0 Å². The Hall–Kier alpha value is -0.220. The minimum absolute atomic E-state index is 0.273. The summed E-state index contributed by atoms with van der Waals surface area (Å²) in [6, 6.07) is 5.90. The van der Waals surface area contributed by atoms with E-state index in [0.717, 1.165) is 16.8 Å². The first-order valence-corrected chi connectivity index (χ1v) is 6.28. The Labute approximate surface area is 114 Å². The number of rotatable bonds is 5. The molecule has 1 rings (SSSR count). The van der Waals surface area contributed by atoms with E-state index in [4.69, 9.17) is 27.9 Å². The summed E-state index contributed by atoms with van der Waals surface area (Å²) in [6.07, 6.45) is 0. The highest BCUT2D eigenvalue weighted by atomic mass is 79.9. The first-order chi connectivity index (χ1) is 7.67. The van der Waals surface area contributed by atoms with Crippen molar-refractivity contribution in [2.24, 2.45) is 0 Å². The van der Waals surface area contributed by atoms with Crippen LogP contribution < -0.4 is 10.1 Å². The maximum atomic E-state index is 5.73. The molecule has 0 aliphatic rings. The van der Waals surface area contributed by atoms with E-state index in [1.807, 2.05) is 25.2 Å². The van der Waals surface area contributed by atoms with Crippen LogP contribution in [-0.4, -0.2) is 13.7 Å². The molecule has 0 amide bonds. The van der Waals surface area contributed by atoms with Crippen LogP contribution >= 0.6 is 39.1 Å². The fraction of sp³-hybridized carbons (Fsp3) is 0.273. The molecule has 0 spiro atoms. The van der Waals surface area contributed by atoms with E-state index < -0.39 is 0 Å². The zero-order chi connectivity index (χ0) is 12.0. The molecule has 1 N–H and O–H groups in total. The van der Waals surface area contributed by atoms with Gasteiger partial charge in [0.2, 0.25) is 0 Å². The van der Waals surface area contributed by atoms with Crippen LogP contribution in [-0.2, 0) is 6.54 Å². The fourth-order valence-corrected chi connectivity index (χ4v) is 1.81. The fourth-order valence-electron chi connectivity index (χ4n) is 1.15. The maximum absolute atomic E-state index is 5.73. The standard InChI is InChI=1S/C11H12BrCl2NO/c1-15-6-8-2-3-11(10(12)4-8)16-7-9(14)5-13/h2-5,15H,6-7H2,1H3.